The Morgan fingerprint density at radius 2 is 2.09 bits per heavy atom. The Hall–Kier alpha value is -1.31. The van der Waals surface area contributed by atoms with Crippen LogP contribution in [0.2, 0.25) is 0 Å². The van der Waals surface area contributed by atoms with Crippen LogP contribution in [0.3, 0.4) is 0 Å². The molecule has 1 heterocycles. The van der Waals surface area contributed by atoms with Crippen molar-refractivity contribution in [2.75, 3.05) is 27.2 Å². The van der Waals surface area contributed by atoms with Gasteiger partial charge in [0.1, 0.15) is 0 Å². The number of carbonyl (C=O) groups excluding carboxylic acids is 1. The molecule has 1 saturated heterocycles. The van der Waals surface area contributed by atoms with E-state index in [-0.39, 0.29) is 35.9 Å². The predicted molar refractivity (Wildman–Crippen MR) is 103 cm³/mol. The number of esters is 1. The second kappa shape index (κ2) is 9.75. The zero-order valence-corrected chi connectivity index (χ0v) is 16.4. The lowest BCUT2D eigenvalue weighted by molar-refractivity contribution is -0.146. The van der Waals surface area contributed by atoms with E-state index in [9.17, 15) is 4.79 Å². The first-order chi connectivity index (χ1) is 10.6. The first-order valence-corrected chi connectivity index (χ1v) is 7.73. The Kier molecular flexibility index (Phi) is 8.36. The van der Waals surface area contributed by atoms with Crippen LogP contribution < -0.4 is 5.32 Å². The van der Waals surface area contributed by atoms with E-state index in [1.807, 2.05) is 0 Å². The van der Waals surface area contributed by atoms with Crippen molar-refractivity contribution in [1.82, 2.24) is 10.2 Å². The molecule has 1 aliphatic heterocycles. The lowest BCUT2D eigenvalue weighted by Gasteiger charge is -2.33. The molecule has 0 amide bonds. The normalized spacial score (nSPS) is 15.8. The molecule has 2 rings (SSSR count). The summed E-state index contributed by atoms with van der Waals surface area (Å²) in [6.45, 7) is 4.50. The maximum atomic E-state index is 11.6. The molecule has 0 atom stereocenters. The SMILES string of the molecule is CN=C(NCc1cccc(C)c1)N1CCC(C(=O)OC)CC1.I. The summed E-state index contributed by atoms with van der Waals surface area (Å²) in [7, 11) is 3.25. The van der Waals surface area contributed by atoms with E-state index >= 15 is 0 Å². The zero-order valence-electron chi connectivity index (χ0n) is 14.0. The second-order valence-corrected chi connectivity index (χ2v) is 5.67. The summed E-state index contributed by atoms with van der Waals surface area (Å²) in [4.78, 5) is 18.1. The van der Waals surface area contributed by atoms with Gasteiger partial charge in [0.2, 0.25) is 0 Å². The minimum absolute atomic E-state index is 0. The molecule has 0 aliphatic carbocycles. The summed E-state index contributed by atoms with van der Waals surface area (Å²) in [6.07, 6.45) is 1.63. The van der Waals surface area contributed by atoms with Gasteiger partial charge < -0.3 is 15.0 Å². The van der Waals surface area contributed by atoms with Crippen molar-refractivity contribution >= 4 is 35.9 Å². The average molecular weight is 431 g/mol. The number of benzene rings is 1. The maximum Gasteiger partial charge on any atom is 0.308 e. The molecule has 1 N–H and O–H groups in total. The summed E-state index contributed by atoms with van der Waals surface area (Å²) in [5, 5.41) is 3.40. The summed E-state index contributed by atoms with van der Waals surface area (Å²) in [5.41, 5.74) is 2.50. The number of carbonyl (C=O) groups is 1. The highest BCUT2D eigenvalue weighted by Crippen LogP contribution is 2.18. The Labute approximate surface area is 155 Å². The number of halogens is 1. The number of piperidine rings is 1. The number of ether oxygens (including phenoxy) is 1. The van der Waals surface area contributed by atoms with Crippen LogP contribution in [0.4, 0.5) is 0 Å². The second-order valence-electron chi connectivity index (χ2n) is 5.67. The van der Waals surface area contributed by atoms with Crippen LogP contribution in [0.25, 0.3) is 0 Å². The quantitative estimate of drug-likeness (QED) is 0.346. The van der Waals surface area contributed by atoms with Gasteiger partial charge in [-0.15, -0.1) is 24.0 Å². The Morgan fingerprint density at radius 1 is 1.39 bits per heavy atom. The molecule has 0 bridgehead atoms. The van der Waals surface area contributed by atoms with Crippen molar-refractivity contribution in [2.45, 2.75) is 26.3 Å². The average Bonchev–Trinajstić information content (AvgIpc) is 2.55. The molecule has 6 heteroatoms. The Bertz CT molecular complexity index is 540. The summed E-state index contributed by atoms with van der Waals surface area (Å²) < 4.78 is 4.82. The molecule has 23 heavy (non-hydrogen) atoms. The molecule has 0 saturated carbocycles. The van der Waals surface area contributed by atoms with E-state index in [1.54, 1.807) is 7.05 Å². The highest BCUT2D eigenvalue weighted by Gasteiger charge is 2.26. The number of likely N-dealkylation sites (tertiary alicyclic amines) is 1. The molecule has 0 spiro atoms. The van der Waals surface area contributed by atoms with Crippen molar-refractivity contribution in [1.29, 1.82) is 0 Å². The number of aryl methyl sites for hydroxylation is 1. The van der Waals surface area contributed by atoms with Crippen LogP contribution in [0.5, 0.6) is 0 Å². The number of guanidine groups is 1. The number of hydrogen-bond donors (Lipinski definition) is 1. The molecule has 128 valence electrons. The first kappa shape index (κ1) is 19.7. The van der Waals surface area contributed by atoms with Crippen LogP contribution in [-0.2, 0) is 16.1 Å². The van der Waals surface area contributed by atoms with Crippen molar-refractivity contribution in [2.24, 2.45) is 10.9 Å². The lowest BCUT2D eigenvalue weighted by atomic mass is 9.97. The largest absolute Gasteiger partial charge is 0.469 e. The standard InChI is InChI=1S/C17H25N3O2.HI/c1-13-5-4-6-14(11-13)12-19-17(18-2)20-9-7-15(8-10-20)16(21)22-3;/h4-6,11,15H,7-10,12H2,1-3H3,(H,18,19);1H. The van der Waals surface area contributed by atoms with Crippen LogP contribution in [0, 0.1) is 12.8 Å². The third-order valence-electron chi connectivity index (χ3n) is 4.07. The Balaban J connectivity index is 0.00000264. The fraction of sp³-hybridized carbons (Fsp3) is 0.529. The lowest BCUT2D eigenvalue weighted by Crippen LogP contribution is -2.46. The molecule has 1 aliphatic rings. The number of methoxy groups -OCH3 is 1. The van der Waals surface area contributed by atoms with Crippen LogP contribution in [0.15, 0.2) is 29.3 Å². The van der Waals surface area contributed by atoms with E-state index in [1.165, 1.54) is 18.2 Å². The van der Waals surface area contributed by atoms with Gasteiger partial charge in [0, 0.05) is 26.7 Å². The molecule has 1 aromatic carbocycles. The molecule has 0 radical (unpaired) electrons. The van der Waals surface area contributed by atoms with Crippen LogP contribution >= 0.6 is 24.0 Å². The van der Waals surface area contributed by atoms with E-state index < -0.39 is 0 Å². The first-order valence-electron chi connectivity index (χ1n) is 7.73. The Morgan fingerprint density at radius 3 is 2.65 bits per heavy atom. The van der Waals surface area contributed by atoms with Crippen LogP contribution in [0.1, 0.15) is 24.0 Å². The van der Waals surface area contributed by atoms with Crippen molar-refractivity contribution in [3.8, 4) is 0 Å². The molecular formula is C17H26IN3O2. The van der Waals surface area contributed by atoms with Crippen molar-refractivity contribution < 1.29 is 9.53 Å². The molecule has 1 fully saturated rings. The summed E-state index contributed by atoms with van der Waals surface area (Å²) in [5.74, 6) is 0.823. The highest BCUT2D eigenvalue weighted by atomic mass is 127. The van der Waals surface area contributed by atoms with Crippen molar-refractivity contribution in [3.05, 3.63) is 35.4 Å². The van der Waals surface area contributed by atoms with E-state index in [0.29, 0.717) is 0 Å². The number of aliphatic imine (C=N–C) groups is 1. The van der Waals surface area contributed by atoms with Gasteiger partial charge in [-0.1, -0.05) is 29.8 Å². The number of rotatable bonds is 3. The third-order valence-corrected chi connectivity index (χ3v) is 4.07. The van der Waals surface area contributed by atoms with Gasteiger partial charge in [-0.05, 0) is 25.3 Å². The topological polar surface area (TPSA) is 53.9 Å². The molecule has 5 nitrogen and oxygen atoms in total. The molecule has 0 aromatic heterocycles. The third kappa shape index (κ3) is 5.67. The minimum atomic E-state index is -0.0950. The number of nitrogens with zero attached hydrogens (tertiary/aromatic N) is 2. The number of hydrogen-bond acceptors (Lipinski definition) is 3. The van der Waals surface area contributed by atoms with Gasteiger partial charge >= 0.3 is 5.97 Å². The van der Waals surface area contributed by atoms with Gasteiger partial charge in [-0.2, -0.15) is 0 Å². The van der Waals surface area contributed by atoms with Gasteiger partial charge in [0.25, 0.3) is 0 Å². The van der Waals surface area contributed by atoms with E-state index in [4.69, 9.17) is 4.74 Å². The molecule has 1 aromatic rings. The van der Waals surface area contributed by atoms with Crippen LogP contribution in [-0.4, -0.2) is 44.1 Å². The number of nitrogens with one attached hydrogen (secondary N) is 1. The molecule has 0 unspecified atom stereocenters. The van der Waals surface area contributed by atoms with Gasteiger partial charge in [0.05, 0.1) is 13.0 Å². The summed E-state index contributed by atoms with van der Waals surface area (Å²) in [6, 6.07) is 8.44. The van der Waals surface area contributed by atoms with Gasteiger partial charge in [0.15, 0.2) is 5.96 Å². The maximum absolute atomic E-state index is 11.6. The molecular weight excluding hydrogens is 405 g/mol. The smallest absolute Gasteiger partial charge is 0.308 e. The van der Waals surface area contributed by atoms with Crippen molar-refractivity contribution in [3.63, 3.8) is 0 Å². The van der Waals surface area contributed by atoms with Gasteiger partial charge in [-0.3, -0.25) is 9.79 Å². The van der Waals surface area contributed by atoms with Gasteiger partial charge in [-0.25, -0.2) is 0 Å². The fourth-order valence-electron chi connectivity index (χ4n) is 2.83. The van der Waals surface area contributed by atoms with E-state index in [0.717, 1.165) is 38.4 Å². The zero-order chi connectivity index (χ0) is 15.9. The van der Waals surface area contributed by atoms with E-state index in [2.05, 4.69) is 46.4 Å². The predicted octanol–water partition coefficient (Wildman–Crippen LogP) is 2.57. The minimum Gasteiger partial charge on any atom is -0.469 e. The monoisotopic (exact) mass is 431 g/mol. The highest BCUT2D eigenvalue weighted by molar-refractivity contribution is 14.0. The summed E-state index contributed by atoms with van der Waals surface area (Å²) >= 11 is 0. The fourth-order valence-corrected chi connectivity index (χ4v) is 2.83.